The van der Waals surface area contributed by atoms with Crippen molar-refractivity contribution in [2.45, 2.75) is 72.1 Å². The van der Waals surface area contributed by atoms with Gasteiger partial charge in [-0.05, 0) is 79.1 Å². The molecule has 0 aliphatic heterocycles. The second kappa shape index (κ2) is 6.07. The summed E-state index contributed by atoms with van der Waals surface area (Å²) in [6.45, 7) is 7.12. The lowest BCUT2D eigenvalue weighted by Gasteiger charge is -2.59. The monoisotopic (exact) mass is 356 g/mol. The zero-order valence-electron chi connectivity index (χ0n) is 16.4. The fourth-order valence-corrected chi connectivity index (χ4v) is 7.33. The number of rotatable bonds is 2. The van der Waals surface area contributed by atoms with Crippen LogP contribution in [0.2, 0.25) is 0 Å². The van der Waals surface area contributed by atoms with Crippen molar-refractivity contribution in [2.75, 3.05) is 0 Å². The van der Waals surface area contributed by atoms with Gasteiger partial charge in [0.25, 0.3) is 0 Å². The minimum atomic E-state index is -0.723. The molecule has 1 unspecified atom stereocenters. The highest BCUT2D eigenvalue weighted by molar-refractivity contribution is 5.92. The SMILES string of the molecule is CC1CC(=O)C=C2CC[C@H]3[C@@H]4CC/C(=C\CC(=O)O)[C@@]4(C)CC[C@@H]3[C@]21C. The second-order valence-corrected chi connectivity index (χ2v) is 9.76. The van der Waals surface area contributed by atoms with E-state index < -0.39 is 5.97 Å². The average Bonchev–Trinajstić information content (AvgIpc) is 2.91. The first-order valence-corrected chi connectivity index (χ1v) is 10.4. The Morgan fingerprint density at radius 3 is 2.73 bits per heavy atom. The third-order valence-electron chi connectivity index (χ3n) is 8.88. The number of ketones is 1. The van der Waals surface area contributed by atoms with Crippen LogP contribution in [0.5, 0.6) is 0 Å². The molecule has 0 saturated heterocycles. The molecule has 0 amide bonds. The van der Waals surface area contributed by atoms with E-state index in [0.29, 0.717) is 30.0 Å². The van der Waals surface area contributed by atoms with Crippen LogP contribution in [-0.4, -0.2) is 16.9 Å². The Balaban J connectivity index is 1.65. The predicted molar refractivity (Wildman–Crippen MR) is 102 cm³/mol. The van der Waals surface area contributed by atoms with Crippen molar-refractivity contribution >= 4 is 11.8 Å². The van der Waals surface area contributed by atoms with Crippen LogP contribution in [0.1, 0.15) is 72.1 Å². The Kier molecular flexibility index (Phi) is 4.20. The summed E-state index contributed by atoms with van der Waals surface area (Å²) in [6, 6.07) is 0. The van der Waals surface area contributed by atoms with E-state index in [1.807, 2.05) is 12.2 Å². The summed E-state index contributed by atoms with van der Waals surface area (Å²) >= 11 is 0. The molecule has 0 aromatic rings. The van der Waals surface area contributed by atoms with Gasteiger partial charge in [-0.25, -0.2) is 0 Å². The van der Waals surface area contributed by atoms with Gasteiger partial charge in [0.1, 0.15) is 0 Å². The molecule has 3 nitrogen and oxygen atoms in total. The topological polar surface area (TPSA) is 54.4 Å². The fraction of sp³-hybridized carbons (Fsp3) is 0.739. The Hall–Kier alpha value is -1.38. The van der Waals surface area contributed by atoms with Crippen LogP contribution in [0.15, 0.2) is 23.3 Å². The Morgan fingerprint density at radius 2 is 2.00 bits per heavy atom. The highest BCUT2D eigenvalue weighted by atomic mass is 16.4. The van der Waals surface area contributed by atoms with E-state index in [1.54, 1.807) is 0 Å². The van der Waals surface area contributed by atoms with E-state index in [4.69, 9.17) is 5.11 Å². The first-order chi connectivity index (χ1) is 12.3. The molecular formula is C23H32O3. The van der Waals surface area contributed by atoms with E-state index in [2.05, 4.69) is 20.8 Å². The highest BCUT2D eigenvalue weighted by Crippen LogP contribution is 2.67. The number of fused-ring (bicyclic) bond motifs is 5. The summed E-state index contributed by atoms with van der Waals surface area (Å²) in [7, 11) is 0. The molecule has 0 radical (unpaired) electrons. The molecule has 0 aromatic carbocycles. The van der Waals surface area contributed by atoms with Gasteiger partial charge in [0.15, 0.2) is 5.78 Å². The highest BCUT2D eigenvalue weighted by Gasteiger charge is 2.58. The number of aliphatic carboxylic acids is 1. The zero-order chi connectivity index (χ0) is 18.7. The van der Waals surface area contributed by atoms with Crippen molar-refractivity contribution < 1.29 is 14.7 Å². The molecule has 4 aliphatic carbocycles. The molecule has 0 aromatic heterocycles. The first-order valence-electron chi connectivity index (χ1n) is 10.4. The summed E-state index contributed by atoms with van der Waals surface area (Å²) in [5.74, 6) is 2.13. The predicted octanol–water partition coefficient (Wildman–Crippen LogP) is 5.17. The normalized spacial score (nSPS) is 46.3. The lowest BCUT2D eigenvalue weighted by atomic mass is 9.45. The lowest BCUT2D eigenvalue weighted by Crippen LogP contribution is -2.52. The van der Waals surface area contributed by atoms with E-state index >= 15 is 0 Å². The molecule has 4 rings (SSSR count). The molecule has 3 fully saturated rings. The number of hydrogen-bond donors (Lipinski definition) is 1. The molecule has 26 heavy (non-hydrogen) atoms. The number of carboxylic acids is 1. The molecule has 142 valence electrons. The van der Waals surface area contributed by atoms with E-state index in [1.165, 1.54) is 36.8 Å². The average molecular weight is 357 g/mol. The molecule has 0 bridgehead atoms. The van der Waals surface area contributed by atoms with Crippen LogP contribution in [0, 0.1) is 34.5 Å². The largest absolute Gasteiger partial charge is 0.481 e. The van der Waals surface area contributed by atoms with Crippen molar-refractivity contribution in [1.29, 1.82) is 0 Å². The van der Waals surface area contributed by atoms with E-state index in [-0.39, 0.29) is 17.3 Å². The van der Waals surface area contributed by atoms with Crippen molar-refractivity contribution in [3.05, 3.63) is 23.3 Å². The van der Waals surface area contributed by atoms with Crippen LogP contribution in [0.3, 0.4) is 0 Å². The van der Waals surface area contributed by atoms with Gasteiger partial charge < -0.3 is 5.11 Å². The number of carboxylic acid groups (broad SMARTS) is 1. The Bertz CT molecular complexity index is 702. The molecule has 6 atom stereocenters. The maximum atomic E-state index is 12.1. The van der Waals surface area contributed by atoms with Crippen LogP contribution in [-0.2, 0) is 9.59 Å². The number of allylic oxidation sites excluding steroid dienone is 2. The molecule has 3 heteroatoms. The van der Waals surface area contributed by atoms with Crippen molar-refractivity contribution in [2.24, 2.45) is 34.5 Å². The quantitative estimate of drug-likeness (QED) is 0.695. The maximum absolute atomic E-state index is 12.1. The Labute approximate surface area is 156 Å². The zero-order valence-corrected chi connectivity index (χ0v) is 16.4. The van der Waals surface area contributed by atoms with Gasteiger partial charge in [-0.2, -0.15) is 0 Å². The van der Waals surface area contributed by atoms with Gasteiger partial charge in [0.05, 0.1) is 6.42 Å². The summed E-state index contributed by atoms with van der Waals surface area (Å²) in [5, 5.41) is 9.08. The van der Waals surface area contributed by atoms with Gasteiger partial charge in [-0.1, -0.05) is 38.0 Å². The van der Waals surface area contributed by atoms with Gasteiger partial charge >= 0.3 is 5.97 Å². The minimum Gasteiger partial charge on any atom is -0.481 e. The first kappa shape index (κ1) is 18.0. The third-order valence-corrected chi connectivity index (χ3v) is 8.88. The Morgan fingerprint density at radius 1 is 1.23 bits per heavy atom. The second-order valence-electron chi connectivity index (χ2n) is 9.76. The van der Waals surface area contributed by atoms with Crippen LogP contribution < -0.4 is 0 Å². The standard InChI is InChI=1S/C23H32O3/c1-14-12-17(24)13-16-4-7-18-19-8-5-15(6-9-21(25)26)22(19,2)11-10-20(18)23(14,16)3/h6,13-14,18-20H,4-5,7-12H2,1-3H3,(H,25,26)/b15-6+/t14?,18-,19-,20-,22+,23-/m0/s1. The molecule has 0 heterocycles. The van der Waals surface area contributed by atoms with Crippen LogP contribution >= 0.6 is 0 Å². The number of carbonyl (C=O) groups excluding carboxylic acids is 1. The van der Waals surface area contributed by atoms with Gasteiger partial charge in [0, 0.05) is 6.42 Å². The van der Waals surface area contributed by atoms with E-state index in [9.17, 15) is 9.59 Å². The minimum absolute atomic E-state index is 0.162. The van der Waals surface area contributed by atoms with Crippen molar-refractivity contribution in [1.82, 2.24) is 0 Å². The maximum Gasteiger partial charge on any atom is 0.307 e. The summed E-state index contributed by atoms with van der Waals surface area (Å²) < 4.78 is 0. The van der Waals surface area contributed by atoms with Gasteiger partial charge in [-0.3, -0.25) is 9.59 Å². The number of hydrogen-bond acceptors (Lipinski definition) is 2. The van der Waals surface area contributed by atoms with Crippen LogP contribution in [0.4, 0.5) is 0 Å². The molecule has 4 aliphatic rings. The third kappa shape index (κ3) is 2.46. The number of carbonyl (C=O) groups is 2. The van der Waals surface area contributed by atoms with Gasteiger partial charge in [0.2, 0.25) is 0 Å². The summed E-state index contributed by atoms with van der Waals surface area (Å²) in [4.78, 5) is 23.1. The van der Waals surface area contributed by atoms with Gasteiger partial charge in [-0.15, -0.1) is 0 Å². The smallest absolute Gasteiger partial charge is 0.307 e. The van der Waals surface area contributed by atoms with Crippen molar-refractivity contribution in [3.8, 4) is 0 Å². The van der Waals surface area contributed by atoms with Crippen molar-refractivity contribution in [3.63, 3.8) is 0 Å². The van der Waals surface area contributed by atoms with Crippen LogP contribution in [0.25, 0.3) is 0 Å². The molecule has 1 N–H and O–H groups in total. The summed E-state index contributed by atoms with van der Waals surface area (Å²) in [5.41, 5.74) is 3.21. The molecular weight excluding hydrogens is 324 g/mol. The lowest BCUT2D eigenvalue weighted by molar-refractivity contribution is -0.136. The molecule has 3 saturated carbocycles. The molecule has 0 spiro atoms. The fourth-order valence-electron chi connectivity index (χ4n) is 7.33. The summed E-state index contributed by atoms with van der Waals surface area (Å²) in [6.07, 6.45) is 11.8. The van der Waals surface area contributed by atoms with E-state index in [0.717, 1.165) is 18.8 Å².